The molecule has 0 bridgehead atoms. The average molecular weight is 438 g/mol. The lowest BCUT2D eigenvalue weighted by Gasteiger charge is -2.17. The van der Waals surface area contributed by atoms with Crippen LogP contribution in [0.25, 0.3) is 0 Å². The lowest BCUT2D eigenvalue weighted by Crippen LogP contribution is -2.41. The zero-order chi connectivity index (χ0) is 22.2. The van der Waals surface area contributed by atoms with Crippen LogP contribution in [0.5, 0.6) is 5.75 Å². The van der Waals surface area contributed by atoms with Crippen LogP contribution in [0.2, 0.25) is 5.02 Å². The van der Waals surface area contributed by atoms with E-state index in [4.69, 9.17) is 22.1 Å². The van der Waals surface area contributed by atoms with Crippen molar-refractivity contribution in [1.82, 2.24) is 0 Å². The molecule has 0 radical (unpaired) electrons. The molecule has 0 amide bonds. The summed E-state index contributed by atoms with van der Waals surface area (Å²) in [4.78, 5) is 24.5. The summed E-state index contributed by atoms with van der Waals surface area (Å²) < 4.78 is 5.75. The molecule has 0 fully saturated rings. The van der Waals surface area contributed by atoms with E-state index in [0.717, 1.165) is 16.7 Å². The van der Waals surface area contributed by atoms with Gasteiger partial charge in [-0.1, -0.05) is 66.2 Å². The van der Waals surface area contributed by atoms with Crippen LogP contribution in [0.1, 0.15) is 16.7 Å². The van der Waals surface area contributed by atoms with Crippen LogP contribution >= 0.6 is 11.6 Å². The first-order valence-electron chi connectivity index (χ1n) is 9.94. The number of hydrogen-bond acceptors (Lipinski definition) is 4. The summed E-state index contributed by atoms with van der Waals surface area (Å²) in [5.41, 5.74) is 8.64. The van der Waals surface area contributed by atoms with Gasteiger partial charge in [0.05, 0.1) is 6.04 Å². The summed E-state index contributed by atoms with van der Waals surface area (Å²) in [6.45, 7) is 0.440. The van der Waals surface area contributed by atoms with E-state index in [1.807, 2.05) is 30.3 Å². The number of carboxylic acid groups (broad SMARTS) is 1. The van der Waals surface area contributed by atoms with E-state index in [1.54, 1.807) is 48.5 Å². The first-order valence-corrected chi connectivity index (χ1v) is 10.3. The molecule has 2 atom stereocenters. The van der Waals surface area contributed by atoms with Gasteiger partial charge < -0.3 is 15.6 Å². The maximum atomic E-state index is 12.7. The number of carboxylic acids is 1. The Morgan fingerprint density at radius 2 is 1.42 bits per heavy atom. The number of benzene rings is 3. The molecular formula is C25H24ClNO4. The van der Waals surface area contributed by atoms with Crippen LogP contribution < -0.4 is 10.5 Å². The summed E-state index contributed by atoms with van der Waals surface area (Å²) in [5.74, 6) is -2.21. The molecule has 3 N–H and O–H groups in total. The van der Waals surface area contributed by atoms with Gasteiger partial charge in [-0.15, -0.1) is 0 Å². The highest BCUT2D eigenvalue weighted by Gasteiger charge is 2.30. The van der Waals surface area contributed by atoms with Gasteiger partial charge in [-0.05, 0) is 53.8 Å². The number of carbonyl (C=O) groups is 2. The third kappa shape index (κ3) is 6.67. The second kappa shape index (κ2) is 10.8. The summed E-state index contributed by atoms with van der Waals surface area (Å²) in [7, 11) is 0. The highest BCUT2D eigenvalue weighted by atomic mass is 35.5. The fraction of sp³-hybridized carbons (Fsp3) is 0.200. The van der Waals surface area contributed by atoms with Gasteiger partial charge in [-0.25, -0.2) is 0 Å². The van der Waals surface area contributed by atoms with E-state index >= 15 is 0 Å². The second-order valence-electron chi connectivity index (χ2n) is 7.35. The minimum absolute atomic E-state index is 0.0709. The molecule has 0 saturated heterocycles. The Hall–Kier alpha value is -3.15. The van der Waals surface area contributed by atoms with Crippen molar-refractivity contribution in [1.29, 1.82) is 0 Å². The molecule has 0 saturated carbocycles. The Bertz CT molecular complexity index is 1000. The predicted octanol–water partition coefficient (Wildman–Crippen LogP) is 4.30. The number of Topliss-reactive ketones (excluding diaryl/α,β-unsaturated/α-hetero) is 1. The fourth-order valence-electron chi connectivity index (χ4n) is 3.24. The summed E-state index contributed by atoms with van der Waals surface area (Å²) in [6, 6.07) is 23.0. The number of ether oxygens (including phenoxy) is 1. The predicted molar refractivity (Wildman–Crippen MR) is 120 cm³/mol. The van der Waals surface area contributed by atoms with Gasteiger partial charge in [-0.2, -0.15) is 0 Å². The van der Waals surface area contributed by atoms with Crippen molar-refractivity contribution in [3.05, 3.63) is 101 Å². The quantitative estimate of drug-likeness (QED) is 0.461. The molecule has 31 heavy (non-hydrogen) atoms. The van der Waals surface area contributed by atoms with Crippen LogP contribution in [0.15, 0.2) is 78.9 Å². The molecule has 0 aliphatic rings. The molecule has 3 aromatic rings. The molecule has 160 valence electrons. The fourth-order valence-corrected chi connectivity index (χ4v) is 3.37. The number of rotatable bonds is 10. The lowest BCUT2D eigenvalue weighted by molar-refractivity contribution is -0.146. The van der Waals surface area contributed by atoms with Crippen molar-refractivity contribution in [2.24, 2.45) is 11.7 Å². The van der Waals surface area contributed by atoms with Gasteiger partial charge in [0, 0.05) is 5.02 Å². The first kappa shape index (κ1) is 22.5. The summed E-state index contributed by atoms with van der Waals surface area (Å²) >= 11 is 5.87. The molecule has 0 aliphatic carbocycles. The number of nitrogens with two attached hydrogens (primary N) is 1. The second-order valence-corrected chi connectivity index (χ2v) is 7.79. The largest absolute Gasteiger partial charge is 0.489 e. The Labute approximate surface area is 186 Å². The highest BCUT2D eigenvalue weighted by Crippen LogP contribution is 2.19. The van der Waals surface area contributed by atoms with Crippen LogP contribution in [0.3, 0.4) is 0 Å². The van der Waals surface area contributed by atoms with E-state index in [9.17, 15) is 14.7 Å². The highest BCUT2D eigenvalue weighted by molar-refractivity contribution is 6.30. The van der Waals surface area contributed by atoms with E-state index in [-0.39, 0.29) is 12.8 Å². The molecule has 6 heteroatoms. The maximum Gasteiger partial charge on any atom is 0.314 e. The molecule has 0 spiro atoms. The summed E-state index contributed by atoms with van der Waals surface area (Å²) in [6.07, 6.45) is 0.327. The molecule has 0 aromatic heterocycles. The molecular weight excluding hydrogens is 414 g/mol. The molecule has 1 unspecified atom stereocenters. The van der Waals surface area contributed by atoms with Crippen molar-refractivity contribution >= 4 is 23.4 Å². The minimum atomic E-state index is -1.21. The monoisotopic (exact) mass is 437 g/mol. The van der Waals surface area contributed by atoms with Crippen LogP contribution in [-0.4, -0.2) is 22.9 Å². The molecule has 0 heterocycles. The summed E-state index contributed by atoms with van der Waals surface area (Å²) in [5, 5.41) is 10.2. The average Bonchev–Trinajstić information content (AvgIpc) is 2.78. The first-order chi connectivity index (χ1) is 14.9. The van der Waals surface area contributed by atoms with Crippen molar-refractivity contribution in [2.75, 3.05) is 0 Å². The van der Waals surface area contributed by atoms with Gasteiger partial charge in [0.15, 0.2) is 5.78 Å². The van der Waals surface area contributed by atoms with E-state index in [0.29, 0.717) is 17.4 Å². The number of aliphatic carboxylic acids is 1. The maximum absolute atomic E-state index is 12.7. The third-order valence-corrected chi connectivity index (χ3v) is 5.24. The molecule has 5 nitrogen and oxygen atoms in total. The number of carbonyl (C=O) groups excluding carboxylic acids is 1. The molecule has 0 aliphatic heterocycles. The van der Waals surface area contributed by atoms with Crippen LogP contribution in [0.4, 0.5) is 0 Å². The Morgan fingerprint density at radius 3 is 2.03 bits per heavy atom. The molecule has 3 aromatic carbocycles. The van der Waals surface area contributed by atoms with Crippen LogP contribution in [-0.2, 0) is 29.0 Å². The topological polar surface area (TPSA) is 89.6 Å². The van der Waals surface area contributed by atoms with Crippen molar-refractivity contribution < 1.29 is 19.4 Å². The van der Waals surface area contributed by atoms with E-state index in [2.05, 4.69) is 0 Å². The number of ketones is 1. The minimum Gasteiger partial charge on any atom is -0.489 e. The zero-order valence-corrected chi connectivity index (χ0v) is 17.7. The van der Waals surface area contributed by atoms with Gasteiger partial charge in [0.2, 0.25) is 0 Å². The lowest BCUT2D eigenvalue weighted by atomic mass is 9.89. The van der Waals surface area contributed by atoms with Crippen molar-refractivity contribution in [3.8, 4) is 5.75 Å². The van der Waals surface area contributed by atoms with Crippen LogP contribution in [0, 0.1) is 5.92 Å². The van der Waals surface area contributed by atoms with Gasteiger partial charge >= 0.3 is 5.97 Å². The Kier molecular flexibility index (Phi) is 7.82. The van der Waals surface area contributed by atoms with Gasteiger partial charge in [0.25, 0.3) is 0 Å². The van der Waals surface area contributed by atoms with Crippen molar-refractivity contribution in [3.63, 3.8) is 0 Å². The van der Waals surface area contributed by atoms with Crippen molar-refractivity contribution in [2.45, 2.75) is 25.5 Å². The number of halogens is 1. The Morgan fingerprint density at radius 1 is 0.839 bits per heavy atom. The molecule has 3 rings (SSSR count). The standard InChI is InChI=1S/C25H24ClNO4/c26-20-10-6-18(7-11-20)15-23(27)24(28)22(25(29)30)14-17-8-12-21(13-9-17)31-16-19-4-2-1-3-5-19/h1-13,22-23H,14-16,27H2,(H,29,30)/t22?,23-/m0/s1. The van der Waals surface area contributed by atoms with Gasteiger partial charge in [-0.3, -0.25) is 9.59 Å². The SMILES string of the molecule is N[C@@H](Cc1ccc(Cl)cc1)C(=O)C(Cc1ccc(OCc2ccccc2)cc1)C(=O)O. The normalized spacial score (nSPS) is 12.7. The zero-order valence-electron chi connectivity index (χ0n) is 16.9. The van der Waals surface area contributed by atoms with Gasteiger partial charge in [0.1, 0.15) is 18.3 Å². The van der Waals surface area contributed by atoms with E-state index < -0.39 is 23.7 Å². The van der Waals surface area contributed by atoms with E-state index in [1.165, 1.54) is 0 Å². The number of hydrogen-bond donors (Lipinski definition) is 2. The smallest absolute Gasteiger partial charge is 0.314 e. The third-order valence-electron chi connectivity index (χ3n) is 4.99. The Balaban J connectivity index is 1.60.